The average Bonchev–Trinajstić information content (AvgIpc) is 2.58. The molecular formula is C16H32N4O3S. The Kier molecular flexibility index (Phi) is 7.77. The molecule has 2 saturated heterocycles. The number of aliphatic imine (C=N–C) groups is 1. The Bertz CT molecular complexity index is 503. The third-order valence-corrected chi connectivity index (χ3v) is 5.98. The summed E-state index contributed by atoms with van der Waals surface area (Å²) in [5, 5.41) is 3.18. The predicted molar refractivity (Wildman–Crippen MR) is 96.7 cm³/mol. The van der Waals surface area contributed by atoms with Crippen molar-refractivity contribution in [2.45, 2.75) is 45.1 Å². The number of sulfonamides is 1. The number of likely N-dealkylation sites (tertiary alicyclic amines) is 1. The number of ether oxygens (including phenoxy) is 1. The molecule has 0 spiro atoms. The van der Waals surface area contributed by atoms with Gasteiger partial charge in [-0.3, -0.25) is 4.99 Å². The van der Waals surface area contributed by atoms with E-state index in [9.17, 15) is 8.42 Å². The molecule has 2 fully saturated rings. The van der Waals surface area contributed by atoms with E-state index in [-0.39, 0.29) is 11.9 Å². The third kappa shape index (κ3) is 6.57. The van der Waals surface area contributed by atoms with E-state index in [0.29, 0.717) is 19.0 Å². The van der Waals surface area contributed by atoms with Gasteiger partial charge in [-0.05, 0) is 38.0 Å². The zero-order valence-corrected chi connectivity index (χ0v) is 15.8. The van der Waals surface area contributed by atoms with E-state index in [1.807, 2.05) is 0 Å². The maximum Gasteiger partial charge on any atom is 0.213 e. The molecular weight excluding hydrogens is 328 g/mol. The SMILES string of the molecule is CN=C(NCCS(=O)(=O)NCC1CCCCO1)N1CCCC(C)C1. The van der Waals surface area contributed by atoms with Gasteiger partial charge in [-0.1, -0.05) is 6.92 Å². The van der Waals surface area contributed by atoms with Gasteiger partial charge in [-0.15, -0.1) is 0 Å². The van der Waals surface area contributed by atoms with Crippen LogP contribution in [0.15, 0.2) is 4.99 Å². The fourth-order valence-corrected chi connectivity index (χ4v) is 4.23. The lowest BCUT2D eigenvalue weighted by Gasteiger charge is -2.33. The van der Waals surface area contributed by atoms with Gasteiger partial charge >= 0.3 is 0 Å². The van der Waals surface area contributed by atoms with Crippen molar-refractivity contribution in [2.24, 2.45) is 10.9 Å². The highest BCUT2D eigenvalue weighted by Crippen LogP contribution is 2.15. The summed E-state index contributed by atoms with van der Waals surface area (Å²) in [7, 11) is -1.55. The second-order valence-electron chi connectivity index (χ2n) is 6.82. The lowest BCUT2D eigenvalue weighted by Crippen LogP contribution is -2.47. The first-order valence-corrected chi connectivity index (χ1v) is 10.7. The Balaban J connectivity index is 1.70. The first-order chi connectivity index (χ1) is 11.5. The Morgan fingerprint density at radius 3 is 2.79 bits per heavy atom. The zero-order chi connectivity index (χ0) is 17.4. The molecule has 2 heterocycles. The quantitative estimate of drug-likeness (QED) is 0.540. The van der Waals surface area contributed by atoms with Crippen LogP contribution in [0, 0.1) is 5.92 Å². The lowest BCUT2D eigenvalue weighted by molar-refractivity contribution is 0.0200. The van der Waals surface area contributed by atoms with Gasteiger partial charge in [0.1, 0.15) is 0 Å². The van der Waals surface area contributed by atoms with E-state index >= 15 is 0 Å². The van der Waals surface area contributed by atoms with Gasteiger partial charge in [-0.2, -0.15) is 0 Å². The normalized spacial score (nSPS) is 26.4. The fraction of sp³-hybridized carbons (Fsp3) is 0.938. The number of piperidine rings is 1. The molecule has 0 aromatic heterocycles. The molecule has 7 nitrogen and oxygen atoms in total. The van der Waals surface area contributed by atoms with E-state index < -0.39 is 10.0 Å². The van der Waals surface area contributed by atoms with Crippen LogP contribution in [-0.4, -0.2) is 71.0 Å². The number of rotatable bonds is 6. The summed E-state index contributed by atoms with van der Waals surface area (Å²) >= 11 is 0. The van der Waals surface area contributed by atoms with Crippen molar-refractivity contribution in [1.29, 1.82) is 0 Å². The van der Waals surface area contributed by atoms with Gasteiger partial charge < -0.3 is 15.0 Å². The highest BCUT2D eigenvalue weighted by atomic mass is 32.2. The van der Waals surface area contributed by atoms with E-state index in [2.05, 4.69) is 26.9 Å². The topological polar surface area (TPSA) is 83.0 Å². The van der Waals surface area contributed by atoms with Crippen molar-refractivity contribution in [3.63, 3.8) is 0 Å². The molecule has 2 N–H and O–H groups in total. The van der Waals surface area contributed by atoms with Crippen LogP contribution in [0.25, 0.3) is 0 Å². The number of nitrogens with zero attached hydrogens (tertiary/aromatic N) is 2. The second kappa shape index (κ2) is 9.58. The summed E-state index contributed by atoms with van der Waals surface area (Å²) in [4.78, 5) is 6.49. The molecule has 2 unspecified atom stereocenters. The highest BCUT2D eigenvalue weighted by molar-refractivity contribution is 7.89. The van der Waals surface area contributed by atoms with Gasteiger partial charge in [0.25, 0.3) is 0 Å². The van der Waals surface area contributed by atoms with Crippen LogP contribution < -0.4 is 10.0 Å². The molecule has 0 aromatic rings. The van der Waals surface area contributed by atoms with Crippen LogP contribution >= 0.6 is 0 Å². The number of guanidine groups is 1. The minimum atomic E-state index is -3.29. The Hall–Kier alpha value is -0.860. The summed E-state index contributed by atoms with van der Waals surface area (Å²) in [6.07, 6.45) is 5.53. The van der Waals surface area contributed by atoms with Crippen molar-refractivity contribution in [2.75, 3.05) is 45.6 Å². The minimum absolute atomic E-state index is 0.0177. The van der Waals surface area contributed by atoms with Crippen molar-refractivity contribution in [3.05, 3.63) is 0 Å². The van der Waals surface area contributed by atoms with Crippen molar-refractivity contribution >= 4 is 16.0 Å². The number of hydrogen-bond acceptors (Lipinski definition) is 4. The van der Waals surface area contributed by atoms with Crippen LogP contribution in [0.1, 0.15) is 39.0 Å². The van der Waals surface area contributed by atoms with E-state index in [1.165, 1.54) is 6.42 Å². The van der Waals surface area contributed by atoms with E-state index in [1.54, 1.807) is 7.05 Å². The van der Waals surface area contributed by atoms with Crippen LogP contribution in [-0.2, 0) is 14.8 Å². The molecule has 0 amide bonds. The van der Waals surface area contributed by atoms with Gasteiger partial charge in [0.2, 0.25) is 10.0 Å². The van der Waals surface area contributed by atoms with E-state index in [0.717, 1.165) is 51.3 Å². The summed E-state index contributed by atoms with van der Waals surface area (Å²) < 4.78 is 32.4. The Labute approximate surface area is 146 Å². The Morgan fingerprint density at radius 2 is 2.12 bits per heavy atom. The van der Waals surface area contributed by atoms with Crippen molar-refractivity contribution in [1.82, 2.24) is 14.9 Å². The summed E-state index contributed by atoms with van der Waals surface area (Å²) in [6.45, 7) is 5.66. The molecule has 8 heteroatoms. The lowest BCUT2D eigenvalue weighted by atomic mass is 10.0. The molecule has 2 atom stereocenters. The van der Waals surface area contributed by atoms with Gasteiger partial charge in [-0.25, -0.2) is 13.1 Å². The molecule has 2 rings (SSSR count). The molecule has 0 radical (unpaired) electrons. The molecule has 0 aromatic carbocycles. The summed E-state index contributed by atoms with van der Waals surface area (Å²) in [5.74, 6) is 1.49. The first-order valence-electron chi connectivity index (χ1n) is 9.04. The molecule has 0 saturated carbocycles. The maximum absolute atomic E-state index is 12.1. The van der Waals surface area contributed by atoms with Crippen LogP contribution in [0.2, 0.25) is 0 Å². The van der Waals surface area contributed by atoms with Gasteiger partial charge in [0, 0.05) is 39.8 Å². The fourth-order valence-electron chi connectivity index (χ4n) is 3.27. The largest absolute Gasteiger partial charge is 0.377 e. The molecule has 0 aliphatic carbocycles. The molecule has 0 bridgehead atoms. The van der Waals surface area contributed by atoms with Crippen molar-refractivity contribution in [3.8, 4) is 0 Å². The van der Waals surface area contributed by atoms with Crippen LogP contribution in [0.3, 0.4) is 0 Å². The van der Waals surface area contributed by atoms with Crippen LogP contribution in [0.4, 0.5) is 0 Å². The van der Waals surface area contributed by atoms with Crippen LogP contribution in [0.5, 0.6) is 0 Å². The summed E-state index contributed by atoms with van der Waals surface area (Å²) in [6, 6.07) is 0. The second-order valence-corrected chi connectivity index (χ2v) is 8.75. The first kappa shape index (κ1) is 19.5. The monoisotopic (exact) mass is 360 g/mol. The highest BCUT2D eigenvalue weighted by Gasteiger charge is 2.20. The van der Waals surface area contributed by atoms with Gasteiger partial charge in [0.05, 0.1) is 11.9 Å². The maximum atomic E-state index is 12.1. The summed E-state index contributed by atoms with van der Waals surface area (Å²) in [5.41, 5.74) is 0. The predicted octanol–water partition coefficient (Wildman–Crippen LogP) is 0.782. The number of hydrogen-bond donors (Lipinski definition) is 2. The molecule has 2 aliphatic rings. The average molecular weight is 361 g/mol. The molecule has 24 heavy (non-hydrogen) atoms. The standard InChI is InChI=1S/C16H32N4O3S/c1-14-6-5-9-20(13-14)16(17-2)18-8-11-24(21,22)19-12-15-7-3-4-10-23-15/h14-15,19H,3-13H2,1-2H3,(H,17,18). The minimum Gasteiger partial charge on any atom is -0.377 e. The number of nitrogens with one attached hydrogen (secondary N) is 2. The molecule has 140 valence electrons. The van der Waals surface area contributed by atoms with E-state index in [4.69, 9.17) is 4.74 Å². The third-order valence-electron chi connectivity index (χ3n) is 4.63. The molecule has 2 aliphatic heterocycles. The smallest absolute Gasteiger partial charge is 0.213 e. The van der Waals surface area contributed by atoms with Crippen molar-refractivity contribution < 1.29 is 13.2 Å². The zero-order valence-electron chi connectivity index (χ0n) is 15.0. The Morgan fingerprint density at radius 1 is 1.29 bits per heavy atom. The van der Waals surface area contributed by atoms with Gasteiger partial charge in [0.15, 0.2) is 5.96 Å².